The van der Waals surface area contributed by atoms with Crippen molar-refractivity contribution in [2.45, 2.75) is 89.8 Å². The van der Waals surface area contributed by atoms with E-state index >= 15 is 4.79 Å². The first-order valence-corrected chi connectivity index (χ1v) is 16.8. The van der Waals surface area contributed by atoms with Crippen molar-refractivity contribution in [2.24, 2.45) is 5.92 Å². The highest BCUT2D eigenvalue weighted by Crippen LogP contribution is 2.64. The number of nitrogens with zero attached hydrogens (tertiary/aromatic N) is 2. The Bertz CT molecular complexity index is 2270. The van der Waals surface area contributed by atoms with Gasteiger partial charge in [0.15, 0.2) is 5.54 Å². The van der Waals surface area contributed by atoms with Crippen molar-refractivity contribution in [1.82, 2.24) is 14.9 Å². The minimum atomic E-state index is -1.81. The molecule has 3 atom stereocenters. The fourth-order valence-electron chi connectivity index (χ4n) is 9.98. The van der Waals surface area contributed by atoms with Crippen LogP contribution in [0.15, 0.2) is 23.8 Å². The smallest absolute Gasteiger partial charge is 0.348 e. The van der Waals surface area contributed by atoms with Gasteiger partial charge in [-0.15, -0.1) is 0 Å². The van der Waals surface area contributed by atoms with Crippen molar-refractivity contribution in [3.63, 3.8) is 0 Å². The Labute approximate surface area is 282 Å². The number of phenolic OH excluding ortho intramolecular Hbond substituents is 1. The highest BCUT2D eigenvalue weighted by atomic mass is 16.5. The molecule has 49 heavy (non-hydrogen) atoms. The number of phenols is 1. The van der Waals surface area contributed by atoms with Gasteiger partial charge in [0, 0.05) is 45.5 Å². The van der Waals surface area contributed by atoms with Crippen LogP contribution in [0.3, 0.4) is 0 Å². The first-order chi connectivity index (χ1) is 23.0. The zero-order valence-corrected chi connectivity index (χ0v) is 28.5. The Morgan fingerprint density at radius 1 is 0.980 bits per heavy atom. The van der Waals surface area contributed by atoms with Gasteiger partial charge in [0.1, 0.15) is 34.0 Å². The highest BCUT2D eigenvalue weighted by molar-refractivity contribution is 6.35. The molecule has 1 aliphatic carbocycles. The summed E-state index contributed by atoms with van der Waals surface area (Å²) in [5.41, 5.74) is -1.75. The number of hydrogen-bond donors (Lipinski definition) is 3. The average molecular weight is 664 g/mol. The Kier molecular flexibility index (Phi) is 5.36. The number of carbonyl (C=O) groups excluding carboxylic acids is 4. The Morgan fingerprint density at radius 2 is 1.71 bits per heavy atom. The number of aromatic hydroxyl groups is 1. The lowest BCUT2D eigenvalue weighted by atomic mass is 9.49. The maximum atomic E-state index is 15.1. The maximum Gasteiger partial charge on any atom is 0.348 e. The Morgan fingerprint density at radius 3 is 2.45 bits per heavy atom. The molecule has 3 N–H and O–H groups in total. The molecule has 11 heteroatoms. The molecule has 2 amide bonds. The van der Waals surface area contributed by atoms with E-state index in [0.717, 1.165) is 4.73 Å². The summed E-state index contributed by atoms with van der Waals surface area (Å²) < 4.78 is 13.3. The molecule has 7 aliphatic rings. The summed E-state index contributed by atoms with van der Waals surface area (Å²) in [6.45, 7) is 13.1. The van der Waals surface area contributed by atoms with Crippen LogP contribution in [0, 0.1) is 26.7 Å². The molecular weight excluding hydrogens is 626 g/mol. The summed E-state index contributed by atoms with van der Waals surface area (Å²) in [7, 11) is 0. The topological polar surface area (TPSA) is 147 Å². The number of aromatic nitrogens is 1. The first-order valence-electron chi connectivity index (χ1n) is 16.8. The quantitative estimate of drug-likeness (QED) is 0.102. The molecule has 1 aromatic heterocycles. The molecule has 4 saturated heterocycles. The zero-order chi connectivity index (χ0) is 34.9. The van der Waals surface area contributed by atoms with E-state index in [0.29, 0.717) is 64.0 Å². The molecule has 0 radical (unpaired) electrons. The number of esters is 1. The van der Waals surface area contributed by atoms with Crippen LogP contribution in [0.25, 0.3) is 22.6 Å². The summed E-state index contributed by atoms with van der Waals surface area (Å²) in [5, 5.41) is 26.7. The van der Waals surface area contributed by atoms with Crippen LogP contribution in [0.5, 0.6) is 17.2 Å². The lowest BCUT2D eigenvalue weighted by Gasteiger charge is -2.64. The van der Waals surface area contributed by atoms with Crippen molar-refractivity contribution < 1.29 is 39.0 Å². The number of ether oxygens (including phenoxy) is 2. The lowest BCUT2D eigenvalue weighted by Crippen LogP contribution is -2.84. The van der Waals surface area contributed by atoms with E-state index in [9.17, 15) is 24.7 Å². The number of fused-ring (bicyclic) bond motifs is 7. The molecule has 3 aromatic rings. The zero-order valence-electron chi connectivity index (χ0n) is 28.5. The normalized spacial score (nSPS) is 29.9. The van der Waals surface area contributed by atoms with Gasteiger partial charge < -0.3 is 30.0 Å². The monoisotopic (exact) mass is 663 g/mol. The number of ketones is 1. The van der Waals surface area contributed by atoms with Gasteiger partial charge in [0.25, 0.3) is 5.91 Å². The second-order valence-electron chi connectivity index (χ2n) is 15.7. The summed E-state index contributed by atoms with van der Waals surface area (Å²) in [5.74, 6) is -2.56. The first kappa shape index (κ1) is 30.0. The number of nitrogens with one attached hydrogen (secondary N) is 1. The van der Waals surface area contributed by atoms with Gasteiger partial charge in [0.2, 0.25) is 11.7 Å². The molecule has 10 rings (SSSR count). The predicted molar refractivity (Wildman–Crippen MR) is 178 cm³/mol. The second kappa shape index (κ2) is 8.74. The minimum Gasteiger partial charge on any atom is -0.507 e. The molecular formula is C38H37N3O8. The van der Waals surface area contributed by atoms with Crippen molar-refractivity contribution in [3.8, 4) is 17.2 Å². The number of amides is 2. The molecule has 11 nitrogen and oxygen atoms in total. The van der Waals surface area contributed by atoms with E-state index in [1.807, 2.05) is 39.8 Å². The molecule has 7 heterocycles. The number of piperazine rings is 1. The van der Waals surface area contributed by atoms with Gasteiger partial charge in [-0.2, -0.15) is 4.73 Å². The summed E-state index contributed by atoms with van der Waals surface area (Å²) >= 11 is 0. The number of Topliss-reactive ketones (excluding diaryl/α,β-unsaturated/α-hetero) is 1. The fraction of sp³-hybridized carbons (Fsp3) is 0.421. The van der Waals surface area contributed by atoms with Crippen molar-refractivity contribution in [2.75, 3.05) is 6.54 Å². The van der Waals surface area contributed by atoms with E-state index in [1.54, 1.807) is 37.8 Å². The molecule has 4 fully saturated rings. The highest BCUT2D eigenvalue weighted by Gasteiger charge is 2.75. The molecule has 2 spiro atoms. The van der Waals surface area contributed by atoms with Crippen molar-refractivity contribution in [3.05, 3.63) is 62.9 Å². The largest absolute Gasteiger partial charge is 0.507 e. The summed E-state index contributed by atoms with van der Waals surface area (Å²) in [6, 6.07) is 3.55. The molecule has 2 aromatic carbocycles. The van der Waals surface area contributed by atoms with Crippen LogP contribution < -0.4 is 14.8 Å². The van der Waals surface area contributed by atoms with Gasteiger partial charge in [-0.25, -0.2) is 4.79 Å². The third kappa shape index (κ3) is 3.20. The maximum absolute atomic E-state index is 15.1. The Hall–Kier alpha value is -5.06. The number of rotatable bonds is 0. The standard InChI is InChI=1S/C38H37N3O8/c1-16-17(2)28(42)18(3)30-23(16)29(43)25(32(44)48-30)26-24-20-9-10-21-19(11-13-35(4,5)49-21)27(20)41(47)31(24)36(6,7)22-15-37-12-8-14-40(37)34(46)38(22,26)39-33(37)45/h9-11,13,22,42,47H,8,12,14-15H2,1-7H3,(H,39,45)/t22-,37-,38+/m0/s1. The number of benzene rings is 2. The van der Waals surface area contributed by atoms with Crippen molar-refractivity contribution in [1.29, 1.82) is 0 Å². The van der Waals surface area contributed by atoms with Gasteiger partial charge >= 0.3 is 5.97 Å². The van der Waals surface area contributed by atoms with Gasteiger partial charge in [-0.1, -0.05) is 13.8 Å². The number of piperidine rings is 2. The SMILES string of the molecule is Cc1c(C)c2c(c(C)c1O)OC(=O)C(=C1c3c(n(O)c4c5c(ccc34)OC(C)(C)C=C5)C(C)(C)[C@@H]3C[C@]45CCCN4C(=O)[C@]13NC5=O)C2=O. The molecule has 6 aliphatic heterocycles. The van der Waals surface area contributed by atoms with E-state index in [4.69, 9.17) is 9.47 Å². The predicted octanol–water partition coefficient (Wildman–Crippen LogP) is 4.79. The van der Waals surface area contributed by atoms with Gasteiger partial charge in [-0.3, -0.25) is 14.4 Å². The van der Waals surface area contributed by atoms with Crippen LogP contribution in [0.2, 0.25) is 0 Å². The van der Waals surface area contributed by atoms with E-state index in [1.165, 1.54) is 0 Å². The fourth-order valence-corrected chi connectivity index (χ4v) is 9.98. The van der Waals surface area contributed by atoms with E-state index < -0.39 is 39.8 Å². The van der Waals surface area contributed by atoms with E-state index in [-0.39, 0.29) is 52.0 Å². The third-order valence-corrected chi connectivity index (χ3v) is 12.4. The minimum absolute atomic E-state index is 0.0323. The van der Waals surface area contributed by atoms with Crippen LogP contribution in [0.4, 0.5) is 0 Å². The van der Waals surface area contributed by atoms with Crippen LogP contribution in [-0.4, -0.2) is 66.7 Å². The second-order valence-corrected chi connectivity index (χ2v) is 15.7. The molecule has 0 unspecified atom stereocenters. The van der Waals surface area contributed by atoms with Gasteiger partial charge in [0.05, 0.1) is 16.8 Å². The van der Waals surface area contributed by atoms with Crippen LogP contribution in [-0.2, 0) is 19.8 Å². The number of carbonyl (C=O) groups is 4. The van der Waals surface area contributed by atoms with Gasteiger partial charge in [-0.05, 0) is 89.3 Å². The lowest BCUT2D eigenvalue weighted by molar-refractivity contribution is -0.173. The van der Waals surface area contributed by atoms with E-state index in [2.05, 4.69) is 5.32 Å². The molecule has 252 valence electrons. The number of hydrogen-bond acceptors (Lipinski definition) is 8. The van der Waals surface area contributed by atoms with Crippen LogP contribution >= 0.6 is 0 Å². The van der Waals surface area contributed by atoms with Crippen molar-refractivity contribution >= 4 is 46.1 Å². The third-order valence-electron chi connectivity index (χ3n) is 12.4. The summed E-state index contributed by atoms with van der Waals surface area (Å²) in [6.07, 6.45) is 5.20. The van der Waals surface area contributed by atoms with Crippen LogP contribution in [0.1, 0.15) is 90.8 Å². The molecule has 0 saturated carbocycles. The Balaban J connectivity index is 1.46. The summed E-state index contributed by atoms with van der Waals surface area (Å²) in [4.78, 5) is 60.3. The molecule has 2 bridgehead atoms. The average Bonchev–Trinajstić information content (AvgIpc) is 3.61.